The minimum absolute atomic E-state index is 0.128. The molecule has 3 rings (SSSR count). The molecule has 0 aromatic heterocycles. The first kappa shape index (κ1) is 22.3. The molecule has 0 unspecified atom stereocenters. The van der Waals surface area contributed by atoms with Crippen molar-refractivity contribution in [1.82, 2.24) is 5.32 Å². The minimum Gasteiger partial charge on any atom is -0.484 e. The van der Waals surface area contributed by atoms with E-state index in [0.29, 0.717) is 17.1 Å². The van der Waals surface area contributed by atoms with Gasteiger partial charge in [0.2, 0.25) is 11.8 Å². The fraction of sp³-hybridized carbons (Fsp3) is 0.348. The molecule has 1 aliphatic heterocycles. The van der Waals surface area contributed by atoms with Gasteiger partial charge in [-0.15, -0.1) is 0 Å². The summed E-state index contributed by atoms with van der Waals surface area (Å²) in [6.45, 7) is 3.84. The van der Waals surface area contributed by atoms with Crippen LogP contribution in [-0.2, 0) is 14.4 Å². The van der Waals surface area contributed by atoms with E-state index in [1.165, 1.54) is 0 Å². The molecule has 0 radical (unpaired) electrons. The molecule has 1 fully saturated rings. The van der Waals surface area contributed by atoms with Crippen LogP contribution < -0.4 is 20.3 Å². The molecule has 31 heavy (non-hydrogen) atoms. The van der Waals surface area contributed by atoms with Crippen molar-refractivity contribution < 1.29 is 24.2 Å². The molecule has 1 saturated heterocycles. The van der Waals surface area contributed by atoms with Gasteiger partial charge in [-0.05, 0) is 55.8 Å². The van der Waals surface area contributed by atoms with E-state index < -0.39 is 12.0 Å². The van der Waals surface area contributed by atoms with E-state index in [1.807, 2.05) is 31.2 Å². The normalized spacial score (nSPS) is 16.7. The summed E-state index contributed by atoms with van der Waals surface area (Å²) < 4.78 is 5.53. The van der Waals surface area contributed by atoms with Gasteiger partial charge in [0.1, 0.15) is 5.75 Å². The highest BCUT2D eigenvalue weighted by molar-refractivity contribution is 6.00. The first-order valence-electron chi connectivity index (χ1n) is 10.2. The van der Waals surface area contributed by atoms with Gasteiger partial charge in [-0.3, -0.25) is 14.4 Å². The van der Waals surface area contributed by atoms with Crippen LogP contribution in [-0.4, -0.2) is 48.6 Å². The van der Waals surface area contributed by atoms with Crippen LogP contribution in [0.3, 0.4) is 0 Å². The maximum Gasteiger partial charge on any atom is 0.262 e. The van der Waals surface area contributed by atoms with Crippen LogP contribution in [0.25, 0.3) is 0 Å². The number of benzene rings is 2. The van der Waals surface area contributed by atoms with E-state index >= 15 is 0 Å². The summed E-state index contributed by atoms with van der Waals surface area (Å²) in [6.07, 6.45) is -0.508. The molecule has 2 atom stereocenters. The summed E-state index contributed by atoms with van der Waals surface area (Å²) in [5, 5.41) is 14.7. The molecule has 0 saturated carbocycles. The van der Waals surface area contributed by atoms with Crippen molar-refractivity contribution in [1.29, 1.82) is 0 Å². The molecule has 164 valence electrons. The summed E-state index contributed by atoms with van der Waals surface area (Å²) in [4.78, 5) is 38.1. The van der Waals surface area contributed by atoms with Gasteiger partial charge in [0.05, 0.1) is 12.0 Å². The number of nitrogens with zero attached hydrogens (tertiary/aromatic N) is 1. The lowest BCUT2D eigenvalue weighted by atomic mass is 10.1. The molecule has 1 aliphatic rings. The zero-order chi connectivity index (χ0) is 22.4. The molecule has 0 bridgehead atoms. The van der Waals surface area contributed by atoms with Crippen molar-refractivity contribution >= 4 is 29.1 Å². The molecule has 1 heterocycles. The van der Waals surface area contributed by atoms with Gasteiger partial charge in [0.25, 0.3) is 5.91 Å². The zero-order valence-corrected chi connectivity index (χ0v) is 17.6. The molecule has 3 N–H and O–H groups in total. The topological polar surface area (TPSA) is 108 Å². The molecule has 3 amide bonds. The van der Waals surface area contributed by atoms with Crippen LogP contribution in [0, 0.1) is 12.8 Å². The Kier molecular flexibility index (Phi) is 7.25. The van der Waals surface area contributed by atoms with Crippen LogP contribution >= 0.6 is 0 Å². The monoisotopic (exact) mass is 425 g/mol. The molecular formula is C23H27N3O5. The number of aliphatic hydroxyl groups excluding tert-OH is 1. The summed E-state index contributed by atoms with van der Waals surface area (Å²) in [5.41, 5.74) is 2.42. The molecule has 0 aliphatic carbocycles. The highest BCUT2D eigenvalue weighted by atomic mass is 16.5. The van der Waals surface area contributed by atoms with E-state index in [0.717, 1.165) is 5.56 Å². The summed E-state index contributed by atoms with van der Waals surface area (Å²) in [6, 6.07) is 14.3. The molecule has 2 aromatic carbocycles. The van der Waals surface area contributed by atoms with Crippen molar-refractivity contribution in [3.8, 4) is 5.75 Å². The Labute approximate surface area is 181 Å². The number of aliphatic hydroxyl groups is 1. The van der Waals surface area contributed by atoms with Crippen molar-refractivity contribution in [2.45, 2.75) is 26.4 Å². The van der Waals surface area contributed by atoms with Crippen molar-refractivity contribution in [2.75, 3.05) is 29.9 Å². The third-order valence-electron chi connectivity index (χ3n) is 4.89. The summed E-state index contributed by atoms with van der Waals surface area (Å²) >= 11 is 0. The average molecular weight is 425 g/mol. The van der Waals surface area contributed by atoms with Crippen LogP contribution in [0.15, 0.2) is 48.5 Å². The van der Waals surface area contributed by atoms with E-state index in [2.05, 4.69) is 10.6 Å². The zero-order valence-electron chi connectivity index (χ0n) is 17.6. The van der Waals surface area contributed by atoms with E-state index in [-0.39, 0.29) is 43.8 Å². The number of rotatable bonds is 8. The van der Waals surface area contributed by atoms with E-state index in [4.69, 9.17) is 4.74 Å². The maximum atomic E-state index is 12.3. The largest absolute Gasteiger partial charge is 0.484 e. The Bertz CT molecular complexity index is 942. The molecule has 2 aromatic rings. The van der Waals surface area contributed by atoms with Gasteiger partial charge in [0, 0.05) is 30.9 Å². The second kappa shape index (κ2) is 10.1. The van der Waals surface area contributed by atoms with E-state index in [9.17, 15) is 19.5 Å². The minimum atomic E-state index is -0.636. The van der Waals surface area contributed by atoms with Gasteiger partial charge in [-0.1, -0.05) is 12.1 Å². The first-order valence-corrected chi connectivity index (χ1v) is 10.2. The number of hydrogen-bond donors (Lipinski definition) is 3. The Morgan fingerprint density at radius 1 is 1.23 bits per heavy atom. The van der Waals surface area contributed by atoms with Crippen molar-refractivity contribution in [2.24, 2.45) is 5.92 Å². The molecular weight excluding hydrogens is 398 g/mol. The number of nitrogens with one attached hydrogen (secondary N) is 2. The Hall–Kier alpha value is -3.39. The quantitative estimate of drug-likeness (QED) is 0.598. The lowest BCUT2D eigenvalue weighted by Gasteiger charge is -2.17. The van der Waals surface area contributed by atoms with Crippen LogP contribution in [0.1, 0.15) is 18.9 Å². The molecule has 0 spiro atoms. The SMILES string of the molecule is Cc1cccc(NC(=O)COc2ccc(N3C[C@H](C(=O)NC[C@@H](C)O)CC3=O)cc2)c1. The van der Waals surface area contributed by atoms with Crippen molar-refractivity contribution in [3.05, 3.63) is 54.1 Å². The van der Waals surface area contributed by atoms with Gasteiger partial charge in [0.15, 0.2) is 6.61 Å². The number of amides is 3. The predicted molar refractivity (Wildman–Crippen MR) is 117 cm³/mol. The lowest BCUT2D eigenvalue weighted by Crippen LogP contribution is -2.36. The van der Waals surface area contributed by atoms with Gasteiger partial charge in [-0.25, -0.2) is 0 Å². The van der Waals surface area contributed by atoms with Gasteiger partial charge >= 0.3 is 0 Å². The van der Waals surface area contributed by atoms with Crippen LogP contribution in [0.5, 0.6) is 5.75 Å². The Balaban J connectivity index is 1.51. The lowest BCUT2D eigenvalue weighted by molar-refractivity contribution is -0.126. The van der Waals surface area contributed by atoms with Crippen LogP contribution in [0.4, 0.5) is 11.4 Å². The third-order valence-corrected chi connectivity index (χ3v) is 4.89. The Morgan fingerprint density at radius 3 is 2.65 bits per heavy atom. The number of carbonyl (C=O) groups is 3. The summed E-state index contributed by atoms with van der Waals surface area (Å²) in [5.74, 6) is -0.594. The first-order chi connectivity index (χ1) is 14.8. The second-order valence-corrected chi connectivity index (χ2v) is 7.70. The Morgan fingerprint density at radius 2 is 1.97 bits per heavy atom. The fourth-order valence-electron chi connectivity index (χ4n) is 3.32. The predicted octanol–water partition coefficient (Wildman–Crippen LogP) is 1.86. The van der Waals surface area contributed by atoms with Gasteiger partial charge in [-0.2, -0.15) is 0 Å². The maximum absolute atomic E-state index is 12.3. The highest BCUT2D eigenvalue weighted by Gasteiger charge is 2.35. The van der Waals surface area contributed by atoms with Crippen molar-refractivity contribution in [3.63, 3.8) is 0 Å². The number of ether oxygens (including phenoxy) is 1. The summed E-state index contributed by atoms with van der Waals surface area (Å²) in [7, 11) is 0. The number of anilines is 2. The second-order valence-electron chi connectivity index (χ2n) is 7.70. The molecule has 8 heteroatoms. The number of aryl methyl sites for hydroxylation is 1. The third kappa shape index (κ3) is 6.29. The fourth-order valence-corrected chi connectivity index (χ4v) is 3.32. The standard InChI is InChI=1S/C23H27N3O5/c1-15-4-3-5-18(10-15)25-21(28)14-31-20-8-6-19(7-9-20)26-13-17(11-22(26)29)23(30)24-12-16(2)27/h3-10,16-17,27H,11-14H2,1-2H3,(H,24,30)(H,25,28)/t16-,17-/m1/s1. The average Bonchev–Trinajstić information content (AvgIpc) is 3.12. The van der Waals surface area contributed by atoms with Crippen LogP contribution in [0.2, 0.25) is 0 Å². The highest BCUT2D eigenvalue weighted by Crippen LogP contribution is 2.27. The molecule has 8 nitrogen and oxygen atoms in total. The number of carbonyl (C=O) groups excluding carboxylic acids is 3. The van der Waals surface area contributed by atoms with E-state index in [1.54, 1.807) is 36.1 Å². The smallest absolute Gasteiger partial charge is 0.262 e. The number of hydrogen-bond acceptors (Lipinski definition) is 5. The van der Waals surface area contributed by atoms with Gasteiger partial charge < -0.3 is 25.4 Å².